The molecule has 3 rings (SSSR count). The summed E-state index contributed by atoms with van der Waals surface area (Å²) in [5.74, 6) is 0.537. The van der Waals surface area contributed by atoms with Crippen LogP contribution in [0.5, 0.6) is 0 Å². The highest BCUT2D eigenvalue weighted by molar-refractivity contribution is 6.23. The Labute approximate surface area is 117 Å². The Balaban J connectivity index is 1.82. The Morgan fingerprint density at radius 3 is 2.55 bits per heavy atom. The minimum Gasteiger partial charge on any atom is -0.510 e. The van der Waals surface area contributed by atoms with Crippen molar-refractivity contribution in [2.24, 2.45) is 0 Å². The lowest BCUT2D eigenvalue weighted by atomic mass is 10.1. The van der Waals surface area contributed by atoms with E-state index >= 15 is 0 Å². The van der Waals surface area contributed by atoms with Gasteiger partial charge in [-0.05, 0) is 17.7 Å². The van der Waals surface area contributed by atoms with Gasteiger partial charge in [0.25, 0.3) is 0 Å². The van der Waals surface area contributed by atoms with Crippen molar-refractivity contribution in [2.75, 3.05) is 6.54 Å². The SMILES string of the molecule is N=C1C(c2ccccn2)=C(O)CN1Cc1ccccc1. The summed E-state index contributed by atoms with van der Waals surface area (Å²) in [6, 6.07) is 15.4. The Kier molecular flexibility index (Phi) is 3.21. The second-order valence-electron chi connectivity index (χ2n) is 4.73. The minimum absolute atomic E-state index is 0.213. The minimum atomic E-state index is 0.213. The van der Waals surface area contributed by atoms with E-state index in [0.29, 0.717) is 30.2 Å². The zero-order chi connectivity index (χ0) is 13.9. The fraction of sp³-hybridized carbons (Fsp3) is 0.125. The van der Waals surface area contributed by atoms with Gasteiger partial charge in [0.15, 0.2) is 0 Å². The normalized spacial score (nSPS) is 15.0. The molecule has 4 heteroatoms. The summed E-state index contributed by atoms with van der Waals surface area (Å²) in [5, 5.41) is 18.4. The first-order valence-electron chi connectivity index (χ1n) is 6.47. The highest BCUT2D eigenvalue weighted by Gasteiger charge is 2.28. The maximum absolute atomic E-state index is 10.1. The van der Waals surface area contributed by atoms with Crippen molar-refractivity contribution in [3.05, 3.63) is 71.7 Å². The number of aliphatic hydroxyl groups excluding tert-OH is 1. The van der Waals surface area contributed by atoms with E-state index < -0.39 is 0 Å². The molecular formula is C16H15N3O. The van der Waals surface area contributed by atoms with Gasteiger partial charge >= 0.3 is 0 Å². The third kappa shape index (κ3) is 2.28. The van der Waals surface area contributed by atoms with Crippen LogP contribution in [-0.4, -0.2) is 27.4 Å². The summed E-state index contributed by atoms with van der Waals surface area (Å²) in [6.45, 7) is 0.972. The highest BCUT2D eigenvalue weighted by atomic mass is 16.3. The zero-order valence-electron chi connectivity index (χ0n) is 11.0. The average molecular weight is 265 g/mol. The van der Waals surface area contributed by atoms with E-state index in [1.807, 2.05) is 53.4 Å². The van der Waals surface area contributed by atoms with Crippen LogP contribution in [0, 0.1) is 5.41 Å². The molecule has 0 atom stereocenters. The summed E-state index contributed by atoms with van der Waals surface area (Å²) < 4.78 is 0. The fourth-order valence-corrected chi connectivity index (χ4v) is 2.35. The molecule has 20 heavy (non-hydrogen) atoms. The lowest BCUT2D eigenvalue weighted by molar-refractivity contribution is 0.347. The van der Waals surface area contributed by atoms with Crippen LogP contribution in [0.2, 0.25) is 0 Å². The van der Waals surface area contributed by atoms with Crippen LogP contribution in [-0.2, 0) is 6.54 Å². The molecule has 0 unspecified atom stereocenters. The van der Waals surface area contributed by atoms with Crippen LogP contribution in [0.3, 0.4) is 0 Å². The first-order valence-corrected chi connectivity index (χ1v) is 6.47. The molecule has 0 saturated heterocycles. The largest absolute Gasteiger partial charge is 0.510 e. The Morgan fingerprint density at radius 1 is 1.10 bits per heavy atom. The molecule has 1 aromatic carbocycles. The van der Waals surface area contributed by atoms with E-state index in [2.05, 4.69) is 4.98 Å². The molecule has 2 heterocycles. The second kappa shape index (κ2) is 5.17. The van der Waals surface area contributed by atoms with E-state index in [4.69, 9.17) is 5.41 Å². The predicted octanol–water partition coefficient (Wildman–Crippen LogP) is 2.84. The van der Waals surface area contributed by atoms with Gasteiger partial charge in [0.1, 0.15) is 11.6 Å². The molecule has 0 bridgehead atoms. The zero-order valence-corrected chi connectivity index (χ0v) is 11.0. The molecule has 0 amide bonds. The molecule has 2 aromatic rings. The summed E-state index contributed by atoms with van der Waals surface area (Å²) >= 11 is 0. The third-order valence-corrected chi connectivity index (χ3v) is 3.32. The molecule has 0 fully saturated rings. The fourth-order valence-electron chi connectivity index (χ4n) is 2.35. The topological polar surface area (TPSA) is 60.2 Å². The number of amidine groups is 1. The molecule has 0 radical (unpaired) electrons. The quantitative estimate of drug-likeness (QED) is 0.897. The van der Waals surface area contributed by atoms with Crippen LogP contribution in [0.15, 0.2) is 60.5 Å². The van der Waals surface area contributed by atoms with Crippen molar-refractivity contribution in [2.45, 2.75) is 6.54 Å². The van der Waals surface area contributed by atoms with Gasteiger partial charge in [0.2, 0.25) is 0 Å². The number of nitrogens with zero attached hydrogens (tertiary/aromatic N) is 2. The number of hydrogen-bond donors (Lipinski definition) is 2. The van der Waals surface area contributed by atoms with Gasteiger partial charge in [-0.25, -0.2) is 0 Å². The molecular weight excluding hydrogens is 250 g/mol. The lowest BCUT2D eigenvalue weighted by Gasteiger charge is -2.18. The summed E-state index contributed by atoms with van der Waals surface area (Å²) in [5.41, 5.74) is 2.29. The Morgan fingerprint density at radius 2 is 1.85 bits per heavy atom. The highest BCUT2D eigenvalue weighted by Crippen LogP contribution is 2.26. The summed E-state index contributed by atoms with van der Waals surface area (Å²) in [4.78, 5) is 6.06. The number of nitrogens with one attached hydrogen (secondary N) is 1. The summed E-state index contributed by atoms with van der Waals surface area (Å²) in [7, 11) is 0. The van der Waals surface area contributed by atoms with Gasteiger partial charge in [-0.2, -0.15) is 0 Å². The van der Waals surface area contributed by atoms with E-state index in [0.717, 1.165) is 5.56 Å². The monoisotopic (exact) mass is 265 g/mol. The van der Waals surface area contributed by atoms with Crippen molar-refractivity contribution in [3.8, 4) is 0 Å². The predicted molar refractivity (Wildman–Crippen MR) is 78.4 cm³/mol. The van der Waals surface area contributed by atoms with Gasteiger partial charge in [0, 0.05) is 12.7 Å². The van der Waals surface area contributed by atoms with Crippen LogP contribution < -0.4 is 0 Å². The first kappa shape index (κ1) is 12.4. The van der Waals surface area contributed by atoms with Crippen molar-refractivity contribution in [3.63, 3.8) is 0 Å². The van der Waals surface area contributed by atoms with Gasteiger partial charge < -0.3 is 10.0 Å². The maximum Gasteiger partial charge on any atom is 0.134 e. The number of hydrogen-bond acceptors (Lipinski definition) is 3. The van der Waals surface area contributed by atoms with E-state index in [9.17, 15) is 5.11 Å². The molecule has 0 spiro atoms. The van der Waals surface area contributed by atoms with Crippen molar-refractivity contribution in [1.82, 2.24) is 9.88 Å². The number of benzene rings is 1. The third-order valence-electron chi connectivity index (χ3n) is 3.32. The first-order chi connectivity index (χ1) is 9.75. The molecule has 0 aliphatic carbocycles. The van der Waals surface area contributed by atoms with E-state index in [1.165, 1.54) is 0 Å². The molecule has 1 aliphatic heterocycles. The van der Waals surface area contributed by atoms with Crippen LogP contribution in [0.25, 0.3) is 5.57 Å². The maximum atomic E-state index is 10.1. The van der Waals surface area contributed by atoms with Gasteiger partial charge in [-0.3, -0.25) is 10.4 Å². The number of pyridine rings is 1. The lowest BCUT2D eigenvalue weighted by Crippen LogP contribution is -2.26. The number of aliphatic hydroxyl groups is 1. The van der Waals surface area contributed by atoms with E-state index in [-0.39, 0.29) is 5.76 Å². The van der Waals surface area contributed by atoms with Crippen LogP contribution in [0.1, 0.15) is 11.3 Å². The van der Waals surface area contributed by atoms with Crippen molar-refractivity contribution >= 4 is 11.4 Å². The van der Waals surface area contributed by atoms with E-state index in [1.54, 1.807) is 6.20 Å². The Hall–Kier alpha value is -2.62. The molecule has 4 nitrogen and oxygen atoms in total. The second-order valence-corrected chi connectivity index (χ2v) is 4.73. The molecule has 1 aliphatic rings. The van der Waals surface area contributed by atoms with Gasteiger partial charge in [-0.15, -0.1) is 0 Å². The smallest absolute Gasteiger partial charge is 0.134 e. The standard InChI is InChI=1S/C16H15N3O/c17-16-15(13-8-4-5-9-18-13)14(20)11-19(16)10-12-6-2-1-3-7-12/h1-9,17,20H,10-11H2. The van der Waals surface area contributed by atoms with Crippen LogP contribution >= 0.6 is 0 Å². The van der Waals surface area contributed by atoms with Crippen molar-refractivity contribution < 1.29 is 5.11 Å². The summed E-state index contributed by atoms with van der Waals surface area (Å²) in [6.07, 6.45) is 1.67. The van der Waals surface area contributed by atoms with Crippen LogP contribution in [0.4, 0.5) is 0 Å². The number of aromatic nitrogens is 1. The van der Waals surface area contributed by atoms with Gasteiger partial charge in [-0.1, -0.05) is 36.4 Å². The Bertz CT molecular complexity index is 650. The average Bonchev–Trinajstić information content (AvgIpc) is 2.75. The molecule has 0 saturated carbocycles. The molecule has 100 valence electrons. The molecule has 1 aromatic heterocycles. The molecule has 2 N–H and O–H groups in total. The van der Waals surface area contributed by atoms with Crippen molar-refractivity contribution in [1.29, 1.82) is 5.41 Å². The number of rotatable bonds is 3. The van der Waals surface area contributed by atoms with Gasteiger partial charge in [0.05, 0.1) is 17.8 Å².